The van der Waals surface area contributed by atoms with Crippen LogP contribution in [-0.4, -0.2) is 16.4 Å². The first-order valence-corrected chi connectivity index (χ1v) is 6.98. The van der Waals surface area contributed by atoms with E-state index in [0.29, 0.717) is 5.69 Å². The van der Waals surface area contributed by atoms with Crippen LogP contribution in [0, 0.1) is 0 Å². The van der Waals surface area contributed by atoms with Gasteiger partial charge >= 0.3 is 0 Å². The van der Waals surface area contributed by atoms with E-state index in [9.17, 15) is 4.79 Å². The van der Waals surface area contributed by atoms with Gasteiger partial charge in [0, 0.05) is 33.7 Å². The van der Waals surface area contributed by atoms with Gasteiger partial charge in [0.15, 0.2) is 0 Å². The van der Waals surface area contributed by atoms with E-state index in [1.165, 1.54) is 0 Å². The molecule has 0 radical (unpaired) electrons. The summed E-state index contributed by atoms with van der Waals surface area (Å²) in [5.41, 5.74) is 13.0. The van der Waals surface area contributed by atoms with Gasteiger partial charge in [0.2, 0.25) is 5.91 Å². The summed E-state index contributed by atoms with van der Waals surface area (Å²) in [6, 6.07) is 5.60. The summed E-state index contributed by atoms with van der Waals surface area (Å²) in [5, 5.41) is 4.17. The van der Waals surface area contributed by atoms with Crippen LogP contribution in [0.3, 0.4) is 0 Å². The molecule has 2 rings (SSSR count). The van der Waals surface area contributed by atoms with Gasteiger partial charge in [0.25, 0.3) is 0 Å². The minimum absolute atomic E-state index is 0.232. The molecule has 0 aliphatic rings. The summed E-state index contributed by atoms with van der Waals surface area (Å²) >= 11 is 3.39. The van der Waals surface area contributed by atoms with E-state index in [1.807, 2.05) is 32.0 Å². The Kier molecular flexibility index (Phi) is 3.85. The SMILES string of the molecule is CC(C)(CC(N)=O)Nc1ccc(N)c2cc(Br)cnc12. The second kappa shape index (κ2) is 5.28. The molecule has 1 amide bonds. The average Bonchev–Trinajstić information content (AvgIpc) is 2.31. The Morgan fingerprint density at radius 2 is 2.15 bits per heavy atom. The zero-order valence-electron chi connectivity index (χ0n) is 11.4. The number of hydrogen-bond acceptors (Lipinski definition) is 4. The number of fused-ring (bicyclic) bond motifs is 1. The molecule has 0 aliphatic carbocycles. The monoisotopic (exact) mass is 336 g/mol. The van der Waals surface area contributed by atoms with Crippen LogP contribution in [0.4, 0.5) is 11.4 Å². The van der Waals surface area contributed by atoms with Gasteiger partial charge in [-0.1, -0.05) is 0 Å². The third kappa shape index (κ3) is 3.19. The average molecular weight is 337 g/mol. The number of anilines is 2. The van der Waals surface area contributed by atoms with Gasteiger partial charge in [-0.25, -0.2) is 0 Å². The van der Waals surface area contributed by atoms with Gasteiger partial charge in [0.1, 0.15) is 0 Å². The van der Waals surface area contributed by atoms with Crippen molar-refractivity contribution in [2.45, 2.75) is 25.8 Å². The molecule has 0 atom stereocenters. The molecule has 1 aromatic heterocycles. The Morgan fingerprint density at radius 1 is 1.45 bits per heavy atom. The van der Waals surface area contributed by atoms with Crippen molar-refractivity contribution < 1.29 is 4.79 Å². The van der Waals surface area contributed by atoms with Gasteiger partial charge < -0.3 is 16.8 Å². The number of halogens is 1. The standard InChI is InChI=1S/C14H17BrN4O/c1-14(2,6-12(17)20)19-11-4-3-10(16)9-5-8(15)7-18-13(9)11/h3-5,7,19H,6,16H2,1-2H3,(H2,17,20). The van der Waals surface area contributed by atoms with Crippen LogP contribution in [0.25, 0.3) is 10.9 Å². The quantitative estimate of drug-likeness (QED) is 0.748. The molecule has 5 nitrogen and oxygen atoms in total. The van der Waals surface area contributed by atoms with Gasteiger partial charge in [-0.2, -0.15) is 0 Å². The molecule has 0 bridgehead atoms. The lowest BCUT2D eigenvalue weighted by molar-refractivity contribution is -0.118. The maximum absolute atomic E-state index is 11.1. The third-order valence-corrected chi connectivity index (χ3v) is 3.37. The summed E-state index contributed by atoms with van der Waals surface area (Å²) in [4.78, 5) is 15.5. The molecule has 1 aromatic carbocycles. The molecule has 0 fully saturated rings. The molecule has 106 valence electrons. The van der Waals surface area contributed by atoms with E-state index >= 15 is 0 Å². The number of nitrogen functional groups attached to an aromatic ring is 1. The molecule has 0 spiro atoms. The molecule has 0 unspecified atom stereocenters. The Bertz CT molecular complexity index is 670. The van der Waals surface area contributed by atoms with E-state index in [4.69, 9.17) is 11.5 Å². The van der Waals surface area contributed by atoms with Crippen LogP contribution in [0.5, 0.6) is 0 Å². The molecular weight excluding hydrogens is 320 g/mol. The van der Waals surface area contributed by atoms with Crippen molar-refractivity contribution in [2.75, 3.05) is 11.1 Å². The molecule has 6 heteroatoms. The fourth-order valence-electron chi connectivity index (χ4n) is 2.16. The topological polar surface area (TPSA) is 94.0 Å². The second-order valence-corrected chi connectivity index (χ2v) is 6.32. The normalized spacial score (nSPS) is 11.6. The zero-order chi connectivity index (χ0) is 14.9. The lowest BCUT2D eigenvalue weighted by atomic mass is 9.99. The summed E-state index contributed by atoms with van der Waals surface area (Å²) in [7, 11) is 0. The smallest absolute Gasteiger partial charge is 0.219 e. The predicted octanol–water partition coefficient (Wildman–Crippen LogP) is 2.65. The highest BCUT2D eigenvalue weighted by molar-refractivity contribution is 9.10. The van der Waals surface area contributed by atoms with Crippen LogP contribution < -0.4 is 16.8 Å². The van der Waals surface area contributed by atoms with Gasteiger partial charge in [-0.3, -0.25) is 9.78 Å². The van der Waals surface area contributed by atoms with E-state index < -0.39 is 5.54 Å². The number of nitrogens with one attached hydrogen (secondary N) is 1. The van der Waals surface area contributed by atoms with E-state index in [1.54, 1.807) is 6.20 Å². The number of carbonyl (C=O) groups excluding carboxylic acids is 1. The Morgan fingerprint density at radius 3 is 2.80 bits per heavy atom. The Balaban J connectivity index is 2.45. The van der Waals surface area contributed by atoms with Crippen LogP contribution in [0.15, 0.2) is 28.9 Å². The van der Waals surface area contributed by atoms with Crippen molar-refractivity contribution in [3.63, 3.8) is 0 Å². The number of primary amides is 1. The van der Waals surface area contributed by atoms with Crippen molar-refractivity contribution in [1.29, 1.82) is 0 Å². The molecule has 0 saturated carbocycles. The fraction of sp³-hybridized carbons (Fsp3) is 0.286. The second-order valence-electron chi connectivity index (χ2n) is 5.40. The number of aromatic nitrogens is 1. The minimum Gasteiger partial charge on any atom is -0.398 e. The number of hydrogen-bond donors (Lipinski definition) is 3. The van der Waals surface area contributed by atoms with Gasteiger partial charge in [-0.15, -0.1) is 0 Å². The maximum atomic E-state index is 11.1. The number of benzene rings is 1. The first-order chi connectivity index (χ1) is 9.28. The number of rotatable bonds is 4. The van der Waals surface area contributed by atoms with E-state index in [-0.39, 0.29) is 12.3 Å². The summed E-state index contributed by atoms with van der Waals surface area (Å²) in [6.45, 7) is 3.83. The van der Waals surface area contributed by atoms with Crippen molar-refractivity contribution in [3.05, 3.63) is 28.9 Å². The summed E-state index contributed by atoms with van der Waals surface area (Å²) in [5.74, 6) is -0.349. The third-order valence-electron chi connectivity index (χ3n) is 2.94. The lowest BCUT2D eigenvalue weighted by Crippen LogP contribution is -2.36. The summed E-state index contributed by atoms with van der Waals surface area (Å²) < 4.78 is 0.866. The highest BCUT2D eigenvalue weighted by Gasteiger charge is 2.21. The van der Waals surface area contributed by atoms with E-state index in [2.05, 4.69) is 26.2 Å². The molecule has 2 aromatic rings. The first kappa shape index (κ1) is 14.6. The fourth-order valence-corrected chi connectivity index (χ4v) is 2.49. The van der Waals surface area contributed by atoms with Crippen molar-refractivity contribution in [1.82, 2.24) is 4.98 Å². The van der Waals surface area contributed by atoms with Crippen molar-refractivity contribution in [3.8, 4) is 0 Å². The number of pyridine rings is 1. The molecule has 5 N–H and O–H groups in total. The molecular formula is C14H17BrN4O. The van der Waals surface area contributed by atoms with Crippen molar-refractivity contribution >= 4 is 44.1 Å². The van der Waals surface area contributed by atoms with Crippen LogP contribution >= 0.6 is 15.9 Å². The van der Waals surface area contributed by atoms with Crippen LogP contribution in [-0.2, 0) is 4.79 Å². The number of carbonyl (C=O) groups is 1. The zero-order valence-corrected chi connectivity index (χ0v) is 13.0. The maximum Gasteiger partial charge on any atom is 0.219 e. The Labute approximate surface area is 125 Å². The molecule has 20 heavy (non-hydrogen) atoms. The molecule has 1 heterocycles. The van der Waals surface area contributed by atoms with Crippen LogP contribution in [0.2, 0.25) is 0 Å². The Hall–Kier alpha value is -1.82. The number of amides is 1. The predicted molar refractivity (Wildman–Crippen MR) is 85.4 cm³/mol. The van der Waals surface area contributed by atoms with Crippen LogP contribution in [0.1, 0.15) is 20.3 Å². The van der Waals surface area contributed by atoms with Gasteiger partial charge in [-0.05, 0) is 48.0 Å². The van der Waals surface area contributed by atoms with E-state index in [0.717, 1.165) is 21.1 Å². The minimum atomic E-state index is -0.455. The first-order valence-electron chi connectivity index (χ1n) is 6.19. The largest absolute Gasteiger partial charge is 0.398 e. The molecule has 0 aliphatic heterocycles. The number of nitrogens with two attached hydrogens (primary N) is 2. The number of nitrogens with zero attached hydrogens (tertiary/aromatic N) is 1. The lowest BCUT2D eigenvalue weighted by Gasteiger charge is -2.26. The highest BCUT2D eigenvalue weighted by atomic mass is 79.9. The van der Waals surface area contributed by atoms with Gasteiger partial charge in [0.05, 0.1) is 11.2 Å². The molecule has 0 saturated heterocycles. The van der Waals surface area contributed by atoms with Crippen molar-refractivity contribution in [2.24, 2.45) is 5.73 Å². The highest BCUT2D eigenvalue weighted by Crippen LogP contribution is 2.30. The summed E-state index contributed by atoms with van der Waals surface area (Å²) in [6.07, 6.45) is 1.95.